The zero-order valence-electron chi connectivity index (χ0n) is 17.0. The number of halogens is 4. The van der Waals surface area contributed by atoms with Gasteiger partial charge in [0.2, 0.25) is 5.91 Å². The van der Waals surface area contributed by atoms with Crippen LogP contribution >= 0.6 is 11.6 Å². The maximum Gasteiger partial charge on any atom is 0.436 e. The van der Waals surface area contributed by atoms with Gasteiger partial charge in [0, 0.05) is 38.1 Å². The number of sulfone groups is 1. The van der Waals surface area contributed by atoms with Crippen LogP contribution in [0.3, 0.4) is 0 Å². The SMILES string of the molecule is CCc1c(Cl)c(C(F)(F)F)nn1CC(=O)N1CCN(c2ccc(S(C)(=O)=O)cc2)CC1. The number of hydrogen-bond acceptors (Lipinski definition) is 5. The highest BCUT2D eigenvalue weighted by atomic mass is 35.5. The van der Waals surface area contributed by atoms with Crippen molar-refractivity contribution >= 4 is 33.0 Å². The lowest BCUT2D eigenvalue weighted by Gasteiger charge is -2.36. The van der Waals surface area contributed by atoms with E-state index in [0.717, 1.165) is 16.6 Å². The van der Waals surface area contributed by atoms with Crippen LogP contribution < -0.4 is 4.90 Å². The van der Waals surface area contributed by atoms with Crippen LogP contribution in [0.1, 0.15) is 18.3 Å². The molecule has 0 aliphatic carbocycles. The lowest BCUT2D eigenvalue weighted by Crippen LogP contribution is -2.49. The van der Waals surface area contributed by atoms with Crippen molar-refractivity contribution in [2.45, 2.75) is 31.0 Å². The van der Waals surface area contributed by atoms with E-state index in [0.29, 0.717) is 26.2 Å². The second-order valence-electron chi connectivity index (χ2n) is 7.25. The molecule has 2 aromatic rings. The van der Waals surface area contributed by atoms with Crippen molar-refractivity contribution in [3.8, 4) is 0 Å². The van der Waals surface area contributed by atoms with Gasteiger partial charge in [-0.3, -0.25) is 9.48 Å². The molecular weight excluding hydrogens is 457 g/mol. The lowest BCUT2D eigenvalue weighted by molar-refractivity contribution is -0.142. The lowest BCUT2D eigenvalue weighted by atomic mass is 10.2. The van der Waals surface area contributed by atoms with Crippen molar-refractivity contribution in [1.82, 2.24) is 14.7 Å². The number of piperazine rings is 1. The van der Waals surface area contributed by atoms with Gasteiger partial charge in [0.25, 0.3) is 0 Å². The van der Waals surface area contributed by atoms with E-state index in [4.69, 9.17) is 11.6 Å². The van der Waals surface area contributed by atoms with E-state index >= 15 is 0 Å². The molecule has 12 heteroatoms. The molecule has 0 N–H and O–H groups in total. The minimum absolute atomic E-state index is 0.173. The van der Waals surface area contributed by atoms with Crippen LogP contribution in [0, 0.1) is 0 Å². The number of amides is 1. The number of anilines is 1. The number of benzene rings is 1. The van der Waals surface area contributed by atoms with Gasteiger partial charge < -0.3 is 9.80 Å². The molecule has 1 saturated heterocycles. The monoisotopic (exact) mass is 478 g/mol. The van der Waals surface area contributed by atoms with Gasteiger partial charge in [-0.15, -0.1) is 0 Å². The topological polar surface area (TPSA) is 75.5 Å². The first-order valence-corrected chi connectivity index (χ1v) is 11.8. The highest BCUT2D eigenvalue weighted by Crippen LogP contribution is 2.35. The molecule has 0 bridgehead atoms. The van der Waals surface area contributed by atoms with Gasteiger partial charge in [-0.25, -0.2) is 8.42 Å². The maximum atomic E-state index is 13.1. The summed E-state index contributed by atoms with van der Waals surface area (Å²) in [4.78, 5) is 16.5. The van der Waals surface area contributed by atoms with Crippen molar-refractivity contribution in [1.29, 1.82) is 0 Å². The molecule has 2 heterocycles. The Kier molecular flexibility index (Phi) is 6.56. The van der Waals surface area contributed by atoms with Crippen molar-refractivity contribution in [2.24, 2.45) is 0 Å². The second-order valence-corrected chi connectivity index (χ2v) is 9.65. The summed E-state index contributed by atoms with van der Waals surface area (Å²) >= 11 is 5.84. The van der Waals surface area contributed by atoms with E-state index < -0.39 is 26.7 Å². The number of rotatable bonds is 5. The molecule has 0 unspecified atom stereocenters. The van der Waals surface area contributed by atoms with E-state index in [1.807, 2.05) is 4.90 Å². The maximum absolute atomic E-state index is 13.1. The molecule has 1 aromatic carbocycles. The van der Waals surface area contributed by atoms with E-state index in [1.165, 1.54) is 12.1 Å². The molecule has 1 amide bonds. The van der Waals surface area contributed by atoms with Crippen LogP contribution in [-0.2, 0) is 33.8 Å². The fraction of sp³-hybridized carbons (Fsp3) is 0.474. The summed E-state index contributed by atoms with van der Waals surface area (Å²) in [7, 11) is -3.28. The average molecular weight is 479 g/mol. The Hall–Kier alpha value is -2.27. The van der Waals surface area contributed by atoms with Gasteiger partial charge in [-0.1, -0.05) is 18.5 Å². The van der Waals surface area contributed by atoms with Gasteiger partial charge in [0.05, 0.1) is 15.6 Å². The van der Waals surface area contributed by atoms with Crippen LogP contribution in [0.5, 0.6) is 0 Å². The number of hydrogen-bond donors (Lipinski definition) is 0. The van der Waals surface area contributed by atoms with E-state index in [-0.39, 0.29) is 29.5 Å². The number of nitrogens with zero attached hydrogens (tertiary/aromatic N) is 4. The highest BCUT2D eigenvalue weighted by Gasteiger charge is 2.39. The summed E-state index contributed by atoms with van der Waals surface area (Å²) in [6, 6.07) is 6.50. The zero-order valence-corrected chi connectivity index (χ0v) is 18.6. The molecular formula is C19H22ClF3N4O3S. The first-order chi connectivity index (χ1) is 14.4. The normalized spacial score (nSPS) is 15.4. The molecule has 3 rings (SSSR count). The molecule has 0 saturated carbocycles. The predicted octanol–water partition coefficient (Wildman–Crippen LogP) is 2.87. The quantitative estimate of drug-likeness (QED) is 0.660. The van der Waals surface area contributed by atoms with Crippen LogP contribution in [0.2, 0.25) is 5.02 Å². The summed E-state index contributed by atoms with van der Waals surface area (Å²) in [5.41, 5.74) is -0.172. The van der Waals surface area contributed by atoms with Crippen LogP contribution in [-0.4, -0.2) is 61.4 Å². The van der Waals surface area contributed by atoms with Gasteiger partial charge in [-0.05, 0) is 30.7 Å². The Bertz CT molecular complexity index is 1060. The number of aromatic nitrogens is 2. The van der Waals surface area contributed by atoms with E-state index in [2.05, 4.69) is 5.10 Å². The van der Waals surface area contributed by atoms with Gasteiger partial charge >= 0.3 is 6.18 Å². The summed E-state index contributed by atoms with van der Waals surface area (Å²) in [6.07, 6.45) is -3.33. The first-order valence-electron chi connectivity index (χ1n) is 9.57. The third-order valence-corrected chi connectivity index (χ3v) is 6.67. The fourth-order valence-corrected chi connectivity index (χ4v) is 4.48. The Balaban J connectivity index is 1.65. The van der Waals surface area contributed by atoms with Crippen molar-refractivity contribution in [3.05, 3.63) is 40.7 Å². The van der Waals surface area contributed by atoms with Crippen molar-refractivity contribution < 1.29 is 26.4 Å². The molecule has 1 aliphatic heterocycles. The molecule has 0 radical (unpaired) electrons. The van der Waals surface area contributed by atoms with E-state index in [1.54, 1.807) is 24.0 Å². The Morgan fingerprint density at radius 3 is 2.19 bits per heavy atom. The smallest absolute Gasteiger partial charge is 0.368 e. The summed E-state index contributed by atoms with van der Waals surface area (Å²) in [6.45, 7) is 3.13. The largest absolute Gasteiger partial charge is 0.436 e. The zero-order chi connectivity index (χ0) is 23.0. The molecule has 0 atom stereocenters. The van der Waals surface area contributed by atoms with Crippen molar-refractivity contribution in [3.63, 3.8) is 0 Å². The van der Waals surface area contributed by atoms with Gasteiger partial charge in [-0.2, -0.15) is 18.3 Å². The second kappa shape index (κ2) is 8.70. The molecule has 7 nitrogen and oxygen atoms in total. The van der Waals surface area contributed by atoms with Crippen LogP contribution in [0.25, 0.3) is 0 Å². The number of carbonyl (C=O) groups is 1. The predicted molar refractivity (Wildman–Crippen MR) is 110 cm³/mol. The first kappa shape index (κ1) is 23.4. The molecule has 170 valence electrons. The highest BCUT2D eigenvalue weighted by molar-refractivity contribution is 7.90. The third kappa shape index (κ3) is 5.15. The Morgan fingerprint density at radius 2 is 1.71 bits per heavy atom. The molecule has 1 aromatic heterocycles. The minimum Gasteiger partial charge on any atom is -0.368 e. The Labute approximate surface area is 183 Å². The summed E-state index contributed by atoms with van der Waals surface area (Å²) in [5.74, 6) is -0.338. The molecule has 1 fully saturated rings. The van der Waals surface area contributed by atoms with Crippen LogP contribution in [0.4, 0.5) is 18.9 Å². The third-order valence-electron chi connectivity index (χ3n) is 5.14. The Morgan fingerprint density at radius 1 is 1.13 bits per heavy atom. The summed E-state index contributed by atoms with van der Waals surface area (Å²) < 4.78 is 63.4. The van der Waals surface area contributed by atoms with E-state index in [9.17, 15) is 26.4 Å². The standard InChI is InChI=1S/C19H22ClF3N4O3S/c1-3-15-17(20)18(19(21,22)23)24-27(15)12-16(28)26-10-8-25(9-11-26)13-4-6-14(7-5-13)31(2,29)30/h4-7H,3,8-12H2,1-2H3. The van der Waals surface area contributed by atoms with Gasteiger partial charge in [0.15, 0.2) is 15.5 Å². The van der Waals surface area contributed by atoms with Crippen LogP contribution in [0.15, 0.2) is 29.2 Å². The molecule has 31 heavy (non-hydrogen) atoms. The molecule has 0 spiro atoms. The number of alkyl halides is 3. The fourth-order valence-electron chi connectivity index (χ4n) is 3.47. The summed E-state index contributed by atoms with van der Waals surface area (Å²) in [5, 5.41) is 3.06. The number of carbonyl (C=O) groups excluding carboxylic acids is 1. The molecule has 1 aliphatic rings. The van der Waals surface area contributed by atoms with Crippen molar-refractivity contribution in [2.75, 3.05) is 37.3 Å². The van der Waals surface area contributed by atoms with Gasteiger partial charge in [0.1, 0.15) is 6.54 Å². The average Bonchev–Trinajstić information content (AvgIpc) is 3.03. The minimum atomic E-state index is -4.69.